The van der Waals surface area contributed by atoms with Crippen LogP contribution in [0.3, 0.4) is 0 Å². The van der Waals surface area contributed by atoms with E-state index in [1.54, 1.807) is 31.4 Å². The van der Waals surface area contributed by atoms with Crippen molar-refractivity contribution in [2.24, 2.45) is 0 Å². The molecule has 0 saturated heterocycles. The Balaban J connectivity index is 2.13. The van der Waals surface area contributed by atoms with Gasteiger partial charge in [-0.05, 0) is 26.0 Å². The fraction of sp³-hybridized carbons (Fsp3) is 0.353. The second kappa shape index (κ2) is 7.80. The van der Waals surface area contributed by atoms with Crippen molar-refractivity contribution in [1.82, 2.24) is 9.78 Å². The molecule has 0 saturated carbocycles. The number of hydrogen-bond donors (Lipinski definition) is 2. The molecule has 0 radical (unpaired) electrons. The molecule has 8 nitrogen and oxygen atoms in total. The number of methoxy groups -OCH3 is 1. The number of carbonyl (C=O) groups excluding carboxylic acids is 1. The summed E-state index contributed by atoms with van der Waals surface area (Å²) in [5.74, 6) is -0.957. The molecule has 1 aromatic heterocycles. The first-order valence-electron chi connectivity index (χ1n) is 7.67. The average molecular weight is 347 g/mol. The number of rotatable bonds is 8. The predicted octanol–water partition coefficient (Wildman–Crippen LogP) is 1.98. The number of ether oxygens (including phenoxy) is 2. The molecule has 1 amide bonds. The maximum Gasteiger partial charge on any atom is 0.331 e. The SMILES string of the molecule is COCCOc1ccccc1C(=O)Nc1cnn(C(C)(C)C(=O)O)c1. The Morgan fingerprint density at radius 3 is 2.68 bits per heavy atom. The number of amides is 1. The quantitative estimate of drug-likeness (QED) is 0.708. The summed E-state index contributed by atoms with van der Waals surface area (Å²) in [5, 5.41) is 15.9. The van der Waals surface area contributed by atoms with Gasteiger partial charge < -0.3 is 19.9 Å². The van der Waals surface area contributed by atoms with E-state index in [0.29, 0.717) is 30.2 Å². The molecular formula is C17H21N3O5. The molecule has 2 N–H and O–H groups in total. The van der Waals surface area contributed by atoms with Gasteiger partial charge in [-0.3, -0.25) is 9.48 Å². The Labute approximate surface area is 145 Å². The minimum atomic E-state index is -1.22. The predicted molar refractivity (Wildman–Crippen MR) is 91.0 cm³/mol. The monoisotopic (exact) mass is 347 g/mol. The van der Waals surface area contributed by atoms with Gasteiger partial charge in [0.1, 0.15) is 12.4 Å². The minimum absolute atomic E-state index is 0.325. The maximum atomic E-state index is 12.5. The second-order valence-electron chi connectivity index (χ2n) is 5.83. The Bertz CT molecular complexity index is 754. The number of benzene rings is 1. The van der Waals surface area contributed by atoms with Gasteiger partial charge in [0.2, 0.25) is 0 Å². The van der Waals surface area contributed by atoms with Crippen molar-refractivity contribution >= 4 is 17.6 Å². The fourth-order valence-corrected chi connectivity index (χ4v) is 2.00. The minimum Gasteiger partial charge on any atom is -0.490 e. The van der Waals surface area contributed by atoms with Crippen molar-refractivity contribution in [2.75, 3.05) is 25.6 Å². The number of aliphatic carboxylic acids is 1. The third-order valence-electron chi connectivity index (χ3n) is 3.61. The van der Waals surface area contributed by atoms with Gasteiger partial charge in [-0.1, -0.05) is 12.1 Å². The summed E-state index contributed by atoms with van der Waals surface area (Å²) in [4.78, 5) is 23.8. The highest BCUT2D eigenvalue weighted by atomic mass is 16.5. The van der Waals surface area contributed by atoms with Crippen LogP contribution in [-0.4, -0.2) is 47.1 Å². The number of carbonyl (C=O) groups is 2. The summed E-state index contributed by atoms with van der Waals surface area (Å²) in [6.45, 7) is 3.78. The lowest BCUT2D eigenvalue weighted by Crippen LogP contribution is -2.35. The van der Waals surface area contributed by atoms with Crippen molar-refractivity contribution in [1.29, 1.82) is 0 Å². The summed E-state index contributed by atoms with van der Waals surface area (Å²) < 4.78 is 11.8. The zero-order valence-electron chi connectivity index (χ0n) is 14.4. The van der Waals surface area contributed by atoms with E-state index >= 15 is 0 Å². The summed E-state index contributed by atoms with van der Waals surface area (Å²) in [7, 11) is 1.57. The molecule has 0 unspecified atom stereocenters. The topological polar surface area (TPSA) is 103 Å². The molecule has 1 aromatic carbocycles. The molecule has 2 rings (SSSR count). The van der Waals surface area contributed by atoms with Crippen LogP contribution in [0, 0.1) is 0 Å². The van der Waals surface area contributed by atoms with E-state index in [9.17, 15) is 14.7 Å². The average Bonchev–Trinajstić information content (AvgIpc) is 3.04. The molecule has 2 aromatic rings. The largest absolute Gasteiger partial charge is 0.490 e. The van der Waals surface area contributed by atoms with Crippen LogP contribution in [0.15, 0.2) is 36.7 Å². The summed E-state index contributed by atoms with van der Waals surface area (Å²) in [6, 6.07) is 6.84. The third-order valence-corrected chi connectivity index (χ3v) is 3.61. The first-order chi connectivity index (χ1) is 11.9. The zero-order valence-corrected chi connectivity index (χ0v) is 14.4. The molecule has 0 atom stereocenters. The van der Waals surface area contributed by atoms with Crippen LogP contribution in [0.4, 0.5) is 5.69 Å². The zero-order chi connectivity index (χ0) is 18.4. The molecule has 0 aliphatic heterocycles. The van der Waals surface area contributed by atoms with Crippen LogP contribution < -0.4 is 10.1 Å². The maximum absolute atomic E-state index is 12.5. The number of nitrogens with one attached hydrogen (secondary N) is 1. The van der Waals surface area contributed by atoms with Crippen LogP contribution in [-0.2, 0) is 15.1 Å². The van der Waals surface area contributed by atoms with Crippen LogP contribution >= 0.6 is 0 Å². The molecule has 134 valence electrons. The van der Waals surface area contributed by atoms with Crippen LogP contribution in [0.5, 0.6) is 5.75 Å². The highest BCUT2D eigenvalue weighted by Crippen LogP contribution is 2.21. The van der Waals surface area contributed by atoms with E-state index < -0.39 is 11.5 Å². The molecule has 0 aliphatic rings. The third kappa shape index (κ3) is 4.36. The first-order valence-corrected chi connectivity index (χ1v) is 7.67. The van der Waals surface area contributed by atoms with Crippen molar-refractivity contribution in [3.63, 3.8) is 0 Å². The normalized spacial score (nSPS) is 11.2. The van der Waals surface area contributed by atoms with E-state index in [1.807, 2.05) is 0 Å². The van der Waals surface area contributed by atoms with Crippen LogP contribution in [0.2, 0.25) is 0 Å². The van der Waals surface area contributed by atoms with E-state index in [2.05, 4.69) is 10.4 Å². The summed E-state index contributed by atoms with van der Waals surface area (Å²) in [6.07, 6.45) is 2.87. The summed E-state index contributed by atoms with van der Waals surface area (Å²) >= 11 is 0. The Kier molecular flexibility index (Phi) is 5.76. The lowest BCUT2D eigenvalue weighted by atomic mass is 10.1. The van der Waals surface area contributed by atoms with Crippen molar-refractivity contribution in [3.05, 3.63) is 42.2 Å². The summed E-state index contributed by atoms with van der Waals surface area (Å²) in [5.41, 5.74) is -0.459. The van der Waals surface area contributed by atoms with Gasteiger partial charge in [0.25, 0.3) is 5.91 Å². The molecule has 0 spiro atoms. The lowest BCUT2D eigenvalue weighted by molar-refractivity contribution is -0.146. The highest BCUT2D eigenvalue weighted by molar-refractivity contribution is 6.06. The molecular weight excluding hydrogens is 326 g/mol. The van der Waals surface area contributed by atoms with Gasteiger partial charge in [-0.25, -0.2) is 4.79 Å². The number of aromatic nitrogens is 2. The van der Waals surface area contributed by atoms with E-state index in [1.165, 1.54) is 30.9 Å². The van der Waals surface area contributed by atoms with E-state index in [4.69, 9.17) is 9.47 Å². The molecule has 1 heterocycles. The number of hydrogen-bond acceptors (Lipinski definition) is 5. The smallest absolute Gasteiger partial charge is 0.331 e. The number of anilines is 1. The van der Waals surface area contributed by atoms with Gasteiger partial charge in [-0.15, -0.1) is 0 Å². The molecule has 0 fully saturated rings. The van der Waals surface area contributed by atoms with Gasteiger partial charge in [0.05, 0.1) is 24.1 Å². The van der Waals surface area contributed by atoms with Crippen molar-refractivity contribution in [2.45, 2.75) is 19.4 Å². The van der Waals surface area contributed by atoms with Crippen molar-refractivity contribution in [3.8, 4) is 5.75 Å². The second-order valence-corrected chi connectivity index (χ2v) is 5.83. The number of carboxylic acid groups (broad SMARTS) is 1. The standard InChI is InChI=1S/C17H21N3O5/c1-17(2,16(22)23)20-11-12(10-18-20)19-15(21)13-6-4-5-7-14(13)25-9-8-24-3/h4-7,10-11H,8-9H2,1-3H3,(H,19,21)(H,22,23). The Morgan fingerprint density at radius 2 is 2.00 bits per heavy atom. The van der Waals surface area contributed by atoms with Gasteiger partial charge in [0, 0.05) is 13.3 Å². The van der Waals surface area contributed by atoms with Gasteiger partial charge in [0.15, 0.2) is 5.54 Å². The molecule has 0 bridgehead atoms. The fourth-order valence-electron chi connectivity index (χ4n) is 2.00. The lowest BCUT2D eigenvalue weighted by Gasteiger charge is -2.19. The highest BCUT2D eigenvalue weighted by Gasteiger charge is 2.30. The van der Waals surface area contributed by atoms with Crippen molar-refractivity contribution < 1.29 is 24.2 Å². The Morgan fingerprint density at radius 1 is 1.28 bits per heavy atom. The number of carboxylic acids is 1. The molecule has 0 aliphatic carbocycles. The van der Waals surface area contributed by atoms with E-state index in [0.717, 1.165) is 0 Å². The molecule has 8 heteroatoms. The first kappa shape index (κ1) is 18.5. The van der Waals surface area contributed by atoms with Gasteiger partial charge >= 0.3 is 5.97 Å². The van der Waals surface area contributed by atoms with Crippen LogP contribution in [0.1, 0.15) is 24.2 Å². The van der Waals surface area contributed by atoms with Crippen LogP contribution in [0.25, 0.3) is 0 Å². The molecule has 25 heavy (non-hydrogen) atoms. The number of para-hydroxylation sites is 1. The van der Waals surface area contributed by atoms with Gasteiger partial charge in [-0.2, -0.15) is 5.10 Å². The van der Waals surface area contributed by atoms with E-state index in [-0.39, 0.29) is 5.91 Å². The number of nitrogens with zero attached hydrogens (tertiary/aromatic N) is 2. The Hall–Kier alpha value is -2.87.